The van der Waals surface area contributed by atoms with Gasteiger partial charge in [-0.1, -0.05) is 26.2 Å². The van der Waals surface area contributed by atoms with Gasteiger partial charge in [0.2, 0.25) is 0 Å². The average Bonchev–Trinajstić information content (AvgIpc) is 2.47. The van der Waals surface area contributed by atoms with Gasteiger partial charge in [0.25, 0.3) is 5.91 Å². The van der Waals surface area contributed by atoms with Crippen LogP contribution in [-0.2, 0) is 4.57 Å². The number of carbonyl (C=O) groups excluding carboxylic acids is 2. The van der Waals surface area contributed by atoms with Crippen LogP contribution in [-0.4, -0.2) is 18.4 Å². The van der Waals surface area contributed by atoms with Crippen LogP contribution in [0.1, 0.15) is 53.3 Å². The lowest BCUT2D eigenvalue weighted by Crippen LogP contribution is -2.56. The molecule has 0 aliphatic rings. The number of hydrogen-bond acceptors (Lipinski definition) is 4. The van der Waals surface area contributed by atoms with Gasteiger partial charge in [-0.05, 0) is 24.6 Å². The Hall–Kier alpha value is -1.78. The predicted octanol–water partition coefficient (Wildman–Crippen LogP) is 1.96. The van der Waals surface area contributed by atoms with E-state index in [0.29, 0.717) is 12.1 Å². The van der Waals surface area contributed by atoms with Crippen LogP contribution in [0.3, 0.4) is 0 Å². The quantitative estimate of drug-likeness (QED) is 0.538. The van der Waals surface area contributed by atoms with Crippen molar-refractivity contribution in [2.45, 2.75) is 32.6 Å². The van der Waals surface area contributed by atoms with E-state index in [0.717, 1.165) is 25.7 Å². The molecule has 0 bridgehead atoms. The summed E-state index contributed by atoms with van der Waals surface area (Å²) in [5.41, 5.74) is 3.84. The topological polar surface area (TPSA) is 100 Å². The Morgan fingerprint density at radius 1 is 1.29 bits per heavy atom. The molecule has 0 aliphatic heterocycles. The molecular formula is C14H20N2O4P+. The fraction of sp³-hybridized carbons (Fsp3) is 0.429. The first-order chi connectivity index (χ1) is 10.1. The van der Waals surface area contributed by atoms with Gasteiger partial charge < -0.3 is 9.84 Å². The molecule has 0 aliphatic carbocycles. The van der Waals surface area contributed by atoms with Crippen LogP contribution in [0.4, 0.5) is 0 Å². The average molecular weight is 311 g/mol. The lowest BCUT2D eigenvalue weighted by molar-refractivity contribution is -0.255. The van der Waals surface area contributed by atoms with Crippen LogP contribution in [0.5, 0.6) is 5.75 Å². The lowest BCUT2D eigenvalue weighted by atomic mass is 10.1. The van der Waals surface area contributed by atoms with Crippen LogP contribution < -0.4 is 15.6 Å². The summed E-state index contributed by atoms with van der Waals surface area (Å²) in [6, 6.07) is 4.34. The lowest BCUT2D eigenvalue weighted by Gasteiger charge is -2.08. The van der Waals surface area contributed by atoms with E-state index in [4.69, 9.17) is 4.52 Å². The number of amides is 2. The molecular weight excluding hydrogens is 291 g/mol. The first-order valence-electron chi connectivity index (χ1n) is 6.88. The summed E-state index contributed by atoms with van der Waals surface area (Å²) in [6.07, 6.45) is 4.24. The highest BCUT2D eigenvalue weighted by atomic mass is 31.1. The maximum absolute atomic E-state index is 12.1. The van der Waals surface area contributed by atoms with E-state index in [1.165, 1.54) is 18.2 Å². The molecule has 7 heteroatoms. The molecule has 1 aromatic rings. The Balaban J connectivity index is 2.73. The minimum absolute atomic E-state index is 0.104. The number of unbranched alkanes of at least 4 members (excludes halogenated alkanes) is 3. The van der Waals surface area contributed by atoms with E-state index < -0.39 is 14.6 Å². The van der Waals surface area contributed by atoms with Crippen molar-refractivity contribution in [3.8, 4) is 5.75 Å². The van der Waals surface area contributed by atoms with Crippen molar-refractivity contribution in [3.63, 3.8) is 0 Å². The van der Waals surface area contributed by atoms with Crippen LogP contribution in [0.15, 0.2) is 18.2 Å². The standard InChI is InChI=1S/C14H19N2O4P/c1-2-3-4-5-8-16-14(18)11-7-6-10(13(15)17)9-12(11)20-21-19/h6-7,9H,2-5,8H2,1H3,(H2,15,17)(H,16,18)/p+1. The Morgan fingerprint density at radius 3 is 2.67 bits per heavy atom. The minimum atomic E-state index is -0.583. The third-order valence-corrected chi connectivity index (χ3v) is 3.27. The Bertz CT molecular complexity index is 520. The number of nitrogens with one attached hydrogen (secondary N) is 1. The SMILES string of the molecule is CCCCCCNC(=O)c1ccc(C([NH3+])=O)cc1OP=O. The van der Waals surface area contributed by atoms with Crippen molar-refractivity contribution in [2.75, 3.05) is 6.54 Å². The maximum Gasteiger partial charge on any atom is 0.395 e. The normalized spacial score (nSPS) is 10.4. The second-order valence-corrected chi connectivity index (χ2v) is 4.95. The van der Waals surface area contributed by atoms with E-state index in [-0.39, 0.29) is 17.2 Å². The zero-order valence-corrected chi connectivity index (χ0v) is 12.9. The van der Waals surface area contributed by atoms with Crippen molar-refractivity contribution >= 4 is 20.5 Å². The van der Waals surface area contributed by atoms with E-state index in [1.807, 2.05) is 0 Å². The zero-order chi connectivity index (χ0) is 15.7. The highest BCUT2D eigenvalue weighted by Gasteiger charge is 2.16. The Kier molecular flexibility index (Phi) is 7.58. The highest BCUT2D eigenvalue weighted by Crippen LogP contribution is 2.23. The molecule has 0 atom stereocenters. The summed E-state index contributed by atoms with van der Waals surface area (Å²) in [5, 5.41) is 2.78. The number of rotatable bonds is 9. The van der Waals surface area contributed by atoms with Gasteiger partial charge >= 0.3 is 14.6 Å². The molecule has 0 saturated heterocycles. The minimum Gasteiger partial charge on any atom is -0.407 e. The van der Waals surface area contributed by atoms with Gasteiger partial charge in [-0.25, -0.2) is 9.36 Å². The van der Waals surface area contributed by atoms with Crippen molar-refractivity contribution in [1.29, 1.82) is 0 Å². The second-order valence-electron chi connectivity index (χ2n) is 4.62. The monoisotopic (exact) mass is 311 g/mol. The third kappa shape index (κ3) is 5.61. The van der Waals surface area contributed by atoms with Crippen molar-refractivity contribution in [2.24, 2.45) is 0 Å². The van der Waals surface area contributed by atoms with Gasteiger partial charge in [0.1, 0.15) is 5.75 Å². The molecule has 0 fully saturated rings. The van der Waals surface area contributed by atoms with Crippen molar-refractivity contribution < 1.29 is 24.4 Å². The molecule has 1 rings (SSSR count). The van der Waals surface area contributed by atoms with Crippen molar-refractivity contribution in [1.82, 2.24) is 5.32 Å². The van der Waals surface area contributed by atoms with Crippen LogP contribution >= 0.6 is 8.69 Å². The molecule has 4 N–H and O–H groups in total. The molecule has 0 heterocycles. The molecule has 0 aromatic heterocycles. The molecule has 1 aromatic carbocycles. The smallest absolute Gasteiger partial charge is 0.395 e. The van der Waals surface area contributed by atoms with Crippen molar-refractivity contribution in [3.05, 3.63) is 29.3 Å². The molecule has 0 radical (unpaired) electrons. The molecule has 6 nitrogen and oxygen atoms in total. The molecule has 0 spiro atoms. The summed E-state index contributed by atoms with van der Waals surface area (Å²) < 4.78 is 15.5. The first-order valence-corrected chi connectivity index (χ1v) is 7.61. The molecule has 0 unspecified atom stereocenters. The molecule has 114 valence electrons. The van der Waals surface area contributed by atoms with Gasteiger partial charge in [-0.2, -0.15) is 0 Å². The fourth-order valence-electron chi connectivity index (χ4n) is 1.85. The van der Waals surface area contributed by atoms with Gasteiger partial charge in [0.15, 0.2) is 0 Å². The van der Waals surface area contributed by atoms with Gasteiger partial charge in [0.05, 0.1) is 11.1 Å². The third-order valence-electron chi connectivity index (χ3n) is 3.00. The van der Waals surface area contributed by atoms with E-state index in [1.54, 1.807) is 0 Å². The van der Waals surface area contributed by atoms with E-state index in [2.05, 4.69) is 18.0 Å². The van der Waals surface area contributed by atoms with Gasteiger partial charge in [0, 0.05) is 6.54 Å². The summed E-state index contributed by atoms with van der Waals surface area (Å²) >= 11 is 0. The summed E-state index contributed by atoms with van der Waals surface area (Å²) in [7, 11) is -0.583. The number of quaternary nitrogens is 1. The van der Waals surface area contributed by atoms with Crippen LogP contribution in [0.2, 0.25) is 0 Å². The summed E-state index contributed by atoms with van der Waals surface area (Å²) in [6.45, 7) is 2.69. The predicted molar refractivity (Wildman–Crippen MR) is 78.4 cm³/mol. The largest absolute Gasteiger partial charge is 0.407 e. The number of benzene rings is 1. The van der Waals surface area contributed by atoms with Crippen LogP contribution in [0.25, 0.3) is 0 Å². The fourth-order valence-corrected chi connectivity index (χ4v) is 2.08. The first kappa shape index (κ1) is 17.3. The van der Waals surface area contributed by atoms with Gasteiger partial charge in [-0.15, -0.1) is 0 Å². The summed E-state index contributed by atoms with van der Waals surface area (Å²) in [4.78, 5) is 23.3. The summed E-state index contributed by atoms with van der Waals surface area (Å²) in [5.74, 6) is -0.602. The number of carbonyl (C=O) groups is 2. The molecule has 21 heavy (non-hydrogen) atoms. The number of hydrogen-bond donors (Lipinski definition) is 2. The molecule has 0 saturated carbocycles. The second kappa shape index (κ2) is 9.21. The maximum atomic E-state index is 12.1. The Morgan fingerprint density at radius 2 is 2.05 bits per heavy atom. The Labute approximate surface area is 125 Å². The highest BCUT2D eigenvalue weighted by molar-refractivity contribution is 7.17. The van der Waals surface area contributed by atoms with Gasteiger partial charge in [-0.3, -0.25) is 10.5 Å². The zero-order valence-electron chi connectivity index (χ0n) is 12.1. The molecule has 2 amide bonds. The van der Waals surface area contributed by atoms with E-state index >= 15 is 0 Å². The van der Waals surface area contributed by atoms with E-state index in [9.17, 15) is 14.2 Å². The van der Waals surface area contributed by atoms with Crippen LogP contribution in [0, 0.1) is 0 Å².